The van der Waals surface area contributed by atoms with Crippen LogP contribution in [0.5, 0.6) is 5.75 Å². The Morgan fingerprint density at radius 2 is 1.94 bits per heavy atom. The standard InChI is InChI=1S/C25H19ClN2O4/c1-31-25(30)23-22(16-6-9-27-10-7-16)20-13-18(26)3-4-19(20)24(29)28(23)14-15-2-5-21-17(12-15)8-11-32-21/h2-7,9-10,12-13H,8,11,14H2,1H3. The molecule has 0 N–H and O–H groups in total. The number of carbonyl (C=O) groups is 1. The number of hydrogen-bond donors (Lipinski definition) is 0. The van der Waals surface area contributed by atoms with Gasteiger partial charge >= 0.3 is 5.97 Å². The number of aromatic nitrogens is 2. The second kappa shape index (κ2) is 8.13. The van der Waals surface area contributed by atoms with Crippen LogP contribution in [0.3, 0.4) is 0 Å². The fourth-order valence-corrected chi connectivity index (χ4v) is 4.38. The highest BCUT2D eigenvalue weighted by Crippen LogP contribution is 2.33. The van der Waals surface area contributed by atoms with Crippen LogP contribution in [0.4, 0.5) is 0 Å². The first-order chi connectivity index (χ1) is 15.6. The number of halogens is 1. The SMILES string of the molecule is COC(=O)c1c(-c2ccncc2)c2cc(Cl)ccc2c(=O)n1Cc1ccc2c(c1)CCO2. The van der Waals surface area contributed by atoms with E-state index in [1.807, 2.05) is 18.2 Å². The van der Waals surface area contributed by atoms with Gasteiger partial charge in [-0.25, -0.2) is 4.79 Å². The van der Waals surface area contributed by atoms with Crippen molar-refractivity contribution in [2.24, 2.45) is 0 Å². The summed E-state index contributed by atoms with van der Waals surface area (Å²) >= 11 is 6.27. The predicted molar refractivity (Wildman–Crippen MR) is 123 cm³/mol. The minimum Gasteiger partial charge on any atom is -0.493 e. The summed E-state index contributed by atoms with van der Waals surface area (Å²) in [6, 6.07) is 14.5. The lowest BCUT2D eigenvalue weighted by Gasteiger charge is -2.19. The summed E-state index contributed by atoms with van der Waals surface area (Å²) in [5, 5.41) is 1.53. The van der Waals surface area contributed by atoms with Gasteiger partial charge in [-0.2, -0.15) is 0 Å². The number of methoxy groups -OCH3 is 1. The Balaban J connectivity index is 1.82. The molecule has 0 unspecified atom stereocenters. The summed E-state index contributed by atoms with van der Waals surface area (Å²) < 4.78 is 12.2. The van der Waals surface area contributed by atoms with Gasteiger partial charge in [-0.3, -0.25) is 14.3 Å². The van der Waals surface area contributed by atoms with Gasteiger partial charge in [-0.1, -0.05) is 23.7 Å². The number of esters is 1. The lowest BCUT2D eigenvalue weighted by Crippen LogP contribution is -2.28. The van der Waals surface area contributed by atoms with Crippen LogP contribution in [0.25, 0.3) is 21.9 Å². The smallest absolute Gasteiger partial charge is 0.355 e. The molecule has 5 rings (SSSR count). The second-order valence-electron chi connectivity index (χ2n) is 7.57. The van der Waals surface area contributed by atoms with E-state index in [-0.39, 0.29) is 17.8 Å². The van der Waals surface area contributed by atoms with Gasteiger partial charge in [0.1, 0.15) is 11.4 Å². The minimum atomic E-state index is -0.597. The Hall–Kier alpha value is -3.64. The average Bonchev–Trinajstić information content (AvgIpc) is 3.28. The molecule has 160 valence electrons. The molecule has 4 aromatic rings. The molecule has 3 heterocycles. The molecular weight excluding hydrogens is 428 g/mol. The summed E-state index contributed by atoms with van der Waals surface area (Å²) in [5.74, 6) is 0.264. The first-order valence-electron chi connectivity index (χ1n) is 10.2. The molecule has 0 saturated heterocycles. The van der Waals surface area contributed by atoms with Gasteiger partial charge in [0.2, 0.25) is 0 Å². The van der Waals surface area contributed by atoms with Crippen LogP contribution in [0.1, 0.15) is 21.6 Å². The highest BCUT2D eigenvalue weighted by molar-refractivity contribution is 6.31. The molecular formula is C25H19ClN2O4. The summed E-state index contributed by atoms with van der Waals surface area (Å²) in [5.41, 5.74) is 3.21. The molecule has 1 aliphatic rings. The van der Waals surface area contributed by atoms with E-state index in [1.54, 1.807) is 42.7 Å². The van der Waals surface area contributed by atoms with Crippen LogP contribution in [-0.4, -0.2) is 29.2 Å². The summed E-state index contributed by atoms with van der Waals surface area (Å²) in [6.07, 6.45) is 4.10. The van der Waals surface area contributed by atoms with Crippen LogP contribution in [-0.2, 0) is 17.7 Å². The van der Waals surface area contributed by atoms with E-state index in [4.69, 9.17) is 21.1 Å². The Labute approximate surface area is 189 Å². The van der Waals surface area contributed by atoms with Crippen molar-refractivity contribution in [2.75, 3.05) is 13.7 Å². The van der Waals surface area contributed by atoms with Crippen LogP contribution in [0, 0.1) is 0 Å². The zero-order valence-corrected chi connectivity index (χ0v) is 18.1. The van der Waals surface area contributed by atoms with Gasteiger partial charge in [0.15, 0.2) is 0 Å². The van der Waals surface area contributed by atoms with Crippen LogP contribution in [0.15, 0.2) is 65.7 Å². The molecule has 2 aromatic heterocycles. The van der Waals surface area contributed by atoms with E-state index in [0.717, 1.165) is 28.9 Å². The van der Waals surface area contributed by atoms with Crippen LogP contribution < -0.4 is 10.3 Å². The molecule has 0 bridgehead atoms. The number of benzene rings is 2. The quantitative estimate of drug-likeness (QED) is 0.432. The number of pyridine rings is 2. The van der Waals surface area contributed by atoms with Crippen molar-refractivity contribution < 1.29 is 14.3 Å². The molecule has 0 atom stereocenters. The Kier molecular flexibility index (Phi) is 5.15. The number of nitrogens with zero attached hydrogens (tertiary/aromatic N) is 2. The van der Waals surface area contributed by atoms with E-state index >= 15 is 0 Å². The number of fused-ring (bicyclic) bond motifs is 2. The third-order valence-electron chi connectivity index (χ3n) is 5.68. The van der Waals surface area contributed by atoms with Crippen molar-refractivity contribution in [1.29, 1.82) is 0 Å². The van der Waals surface area contributed by atoms with E-state index < -0.39 is 5.97 Å². The summed E-state index contributed by atoms with van der Waals surface area (Å²) in [4.78, 5) is 30.7. The highest BCUT2D eigenvalue weighted by atomic mass is 35.5. The third kappa shape index (κ3) is 3.42. The van der Waals surface area contributed by atoms with Crippen molar-refractivity contribution in [2.45, 2.75) is 13.0 Å². The van der Waals surface area contributed by atoms with Crippen LogP contribution >= 0.6 is 11.6 Å². The molecule has 1 aliphatic heterocycles. The average molecular weight is 447 g/mol. The number of ether oxygens (including phenoxy) is 2. The Bertz CT molecular complexity index is 1410. The molecule has 0 aliphatic carbocycles. The zero-order valence-electron chi connectivity index (χ0n) is 17.3. The van der Waals surface area contributed by atoms with E-state index in [0.29, 0.717) is 28.0 Å². The topological polar surface area (TPSA) is 70.4 Å². The van der Waals surface area contributed by atoms with Crippen LogP contribution in [0.2, 0.25) is 5.02 Å². The number of hydrogen-bond acceptors (Lipinski definition) is 5. The first-order valence-corrected chi connectivity index (χ1v) is 10.5. The maximum Gasteiger partial charge on any atom is 0.355 e. The molecule has 32 heavy (non-hydrogen) atoms. The maximum absolute atomic E-state index is 13.6. The molecule has 0 amide bonds. The molecule has 0 fully saturated rings. The van der Waals surface area contributed by atoms with Gasteiger partial charge < -0.3 is 9.47 Å². The van der Waals surface area contributed by atoms with Crippen molar-refractivity contribution in [1.82, 2.24) is 9.55 Å². The molecule has 0 spiro atoms. The number of carbonyl (C=O) groups excluding carboxylic acids is 1. The summed E-state index contributed by atoms with van der Waals surface area (Å²) in [7, 11) is 1.31. The predicted octanol–water partition coefficient (Wildman–Crippen LogP) is 4.49. The van der Waals surface area contributed by atoms with Gasteiger partial charge in [0.05, 0.1) is 20.3 Å². The molecule has 0 saturated carbocycles. The zero-order chi connectivity index (χ0) is 22.2. The lowest BCUT2D eigenvalue weighted by atomic mass is 9.97. The van der Waals surface area contributed by atoms with Crippen molar-refractivity contribution in [3.8, 4) is 16.9 Å². The monoisotopic (exact) mass is 446 g/mol. The van der Waals surface area contributed by atoms with E-state index in [2.05, 4.69) is 4.98 Å². The fraction of sp³-hybridized carbons (Fsp3) is 0.160. The lowest BCUT2D eigenvalue weighted by molar-refractivity contribution is 0.0588. The molecule has 7 heteroatoms. The fourth-order valence-electron chi connectivity index (χ4n) is 4.21. The van der Waals surface area contributed by atoms with Crippen molar-refractivity contribution in [3.63, 3.8) is 0 Å². The van der Waals surface area contributed by atoms with Gasteiger partial charge in [-0.05, 0) is 58.5 Å². The Morgan fingerprint density at radius 3 is 2.72 bits per heavy atom. The van der Waals surface area contributed by atoms with E-state index in [1.165, 1.54) is 11.7 Å². The molecule has 2 aromatic carbocycles. The van der Waals surface area contributed by atoms with Crippen molar-refractivity contribution in [3.05, 3.63) is 93.1 Å². The first kappa shape index (κ1) is 20.3. The normalized spacial score (nSPS) is 12.4. The minimum absolute atomic E-state index is 0.176. The summed E-state index contributed by atoms with van der Waals surface area (Å²) in [6.45, 7) is 0.863. The molecule has 0 radical (unpaired) electrons. The van der Waals surface area contributed by atoms with Gasteiger partial charge in [0, 0.05) is 34.8 Å². The largest absolute Gasteiger partial charge is 0.493 e. The van der Waals surface area contributed by atoms with Crippen molar-refractivity contribution >= 4 is 28.3 Å². The highest BCUT2D eigenvalue weighted by Gasteiger charge is 2.25. The maximum atomic E-state index is 13.6. The Morgan fingerprint density at radius 1 is 1.12 bits per heavy atom. The third-order valence-corrected chi connectivity index (χ3v) is 5.91. The molecule has 6 nitrogen and oxygen atoms in total. The van der Waals surface area contributed by atoms with Gasteiger partial charge in [0.25, 0.3) is 5.56 Å². The van der Waals surface area contributed by atoms with E-state index in [9.17, 15) is 9.59 Å². The number of rotatable bonds is 4. The second-order valence-corrected chi connectivity index (χ2v) is 8.01. The van der Waals surface area contributed by atoms with Gasteiger partial charge in [-0.15, -0.1) is 0 Å².